The van der Waals surface area contributed by atoms with Crippen LogP contribution in [0.15, 0.2) is 0 Å². The van der Waals surface area contributed by atoms with Gasteiger partial charge in [-0.15, -0.1) is 0 Å². The molecule has 1 heterocycles. The number of hydrogen-bond acceptors (Lipinski definition) is 1. The van der Waals surface area contributed by atoms with Crippen LogP contribution in [0.2, 0.25) is 0 Å². The summed E-state index contributed by atoms with van der Waals surface area (Å²) in [6, 6.07) is 0. The maximum atomic E-state index is 2.44. The number of halogens is 1. The molecule has 0 radical (unpaired) electrons. The van der Waals surface area contributed by atoms with Crippen LogP contribution in [0.1, 0.15) is 19.8 Å². The fourth-order valence-corrected chi connectivity index (χ4v) is 1.81. The van der Waals surface area contributed by atoms with Gasteiger partial charge in [0.15, 0.2) is 0 Å². The Hall–Kier alpha value is 0.650. The van der Waals surface area contributed by atoms with Crippen LogP contribution in [-0.2, 0) is 0 Å². The van der Waals surface area contributed by atoms with Crippen molar-refractivity contribution in [1.29, 1.82) is 0 Å². The molecule has 0 N–H and O–H groups in total. The lowest BCUT2D eigenvalue weighted by Gasteiger charge is -2.41. The summed E-state index contributed by atoms with van der Waals surface area (Å²) in [7, 11) is 4.63. The van der Waals surface area contributed by atoms with E-state index >= 15 is 0 Å². The molecule has 1 saturated heterocycles. The second kappa shape index (κ2) is 6.19. The van der Waals surface area contributed by atoms with Crippen molar-refractivity contribution in [3.05, 3.63) is 0 Å². The first kappa shape index (κ1) is 13.7. The van der Waals surface area contributed by atoms with Gasteiger partial charge in [0, 0.05) is 13.1 Å². The molecule has 0 aromatic rings. The summed E-state index contributed by atoms with van der Waals surface area (Å²) in [5.41, 5.74) is 0. The first-order valence-electron chi connectivity index (χ1n) is 5.18. The molecule has 1 aliphatic rings. The van der Waals surface area contributed by atoms with Crippen LogP contribution in [0.25, 0.3) is 0 Å². The summed E-state index contributed by atoms with van der Waals surface area (Å²) in [4.78, 5) is 2.44. The van der Waals surface area contributed by atoms with Gasteiger partial charge in [-0.1, -0.05) is 13.3 Å². The Morgan fingerprint density at radius 3 is 2.23 bits per heavy atom. The van der Waals surface area contributed by atoms with Crippen LogP contribution < -0.4 is 24.0 Å². The van der Waals surface area contributed by atoms with Gasteiger partial charge in [-0.25, -0.2) is 0 Å². The molecule has 0 bridgehead atoms. The Labute approximate surface area is 99.9 Å². The molecule has 1 aliphatic heterocycles. The molecule has 0 amide bonds. The maximum absolute atomic E-state index is 2.44. The molecule has 0 aliphatic carbocycles. The minimum atomic E-state index is 0. The third-order valence-electron chi connectivity index (χ3n) is 3.09. The van der Waals surface area contributed by atoms with Gasteiger partial charge in [-0.2, -0.15) is 0 Å². The minimum Gasteiger partial charge on any atom is -1.00 e. The van der Waals surface area contributed by atoms with E-state index in [2.05, 4.69) is 25.9 Å². The molecule has 0 saturated carbocycles. The Balaban J connectivity index is 0.00000144. The summed E-state index contributed by atoms with van der Waals surface area (Å²) in [5, 5.41) is 0. The highest BCUT2D eigenvalue weighted by atomic mass is 127. The van der Waals surface area contributed by atoms with Gasteiger partial charge in [-0.05, 0) is 13.5 Å². The van der Waals surface area contributed by atoms with Crippen molar-refractivity contribution in [2.75, 3.05) is 46.8 Å². The van der Waals surface area contributed by atoms with E-state index in [1.807, 2.05) is 0 Å². The van der Waals surface area contributed by atoms with E-state index in [1.54, 1.807) is 0 Å². The minimum absolute atomic E-state index is 0. The van der Waals surface area contributed by atoms with Gasteiger partial charge < -0.3 is 28.5 Å². The number of hydrogen-bond donors (Lipinski definition) is 0. The fraction of sp³-hybridized carbons (Fsp3) is 1.00. The lowest BCUT2D eigenvalue weighted by atomic mass is 10.2. The van der Waals surface area contributed by atoms with Crippen LogP contribution >= 0.6 is 0 Å². The van der Waals surface area contributed by atoms with E-state index in [-0.39, 0.29) is 24.0 Å². The monoisotopic (exact) mass is 298 g/mol. The van der Waals surface area contributed by atoms with Gasteiger partial charge in [0.2, 0.25) is 0 Å². The van der Waals surface area contributed by atoms with Gasteiger partial charge >= 0.3 is 0 Å². The topological polar surface area (TPSA) is 3.24 Å². The van der Waals surface area contributed by atoms with Gasteiger partial charge in [0.25, 0.3) is 0 Å². The molecule has 80 valence electrons. The van der Waals surface area contributed by atoms with E-state index in [0.717, 1.165) is 0 Å². The summed E-state index contributed by atoms with van der Waals surface area (Å²) < 4.78 is 1.30. The van der Waals surface area contributed by atoms with E-state index in [9.17, 15) is 0 Å². The summed E-state index contributed by atoms with van der Waals surface area (Å²) in [6.07, 6.45) is 2.73. The van der Waals surface area contributed by atoms with E-state index in [0.29, 0.717) is 0 Å². The fourth-order valence-electron chi connectivity index (χ4n) is 1.81. The predicted molar refractivity (Wildman–Crippen MR) is 53.2 cm³/mol. The molecular formula is C10H23IN2. The van der Waals surface area contributed by atoms with Crippen molar-refractivity contribution in [2.45, 2.75) is 19.8 Å². The Bertz CT molecular complexity index is 125. The lowest BCUT2D eigenvalue weighted by Crippen LogP contribution is -3.00. The summed E-state index contributed by atoms with van der Waals surface area (Å²) in [6.45, 7) is 8.90. The molecule has 0 aromatic heterocycles. The molecular weight excluding hydrogens is 275 g/mol. The van der Waals surface area contributed by atoms with Crippen LogP contribution in [0.3, 0.4) is 0 Å². The Kier molecular flexibility index (Phi) is 6.50. The molecule has 1 fully saturated rings. The number of nitrogens with zero attached hydrogens (tertiary/aromatic N) is 2. The van der Waals surface area contributed by atoms with Crippen molar-refractivity contribution >= 4 is 0 Å². The number of piperazine rings is 1. The number of quaternary nitrogens is 1. The molecule has 0 unspecified atom stereocenters. The van der Waals surface area contributed by atoms with Gasteiger partial charge in [-0.3, -0.25) is 4.90 Å². The van der Waals surface area contributed by atoms with Crippen LogP contribution in [0.4, 0.5) is 0 Å². The second-order valence-corrected chi connectivity index (χ2v) is 4.45. The Morgan fingerprint density at radius 1 is 1.23 bits per heavy atom. The molecule has 3 heteroatoms. The van der Waals surface area contributed by atoms with Crippen molar-refractivity contribution in [3.63, 3.8) is 0 Å². The standard InChI is InChI=1S/C10H23N2.HI/c1-4-5-8-12(3)9-6-11(2)7-10-12;/h4-10H2,1-3H3;1H/q+1;/p-1. The van der Waals surface area contributed by atoms with Crippen molar-refractivity contribution in [3.8, 4) is 0 Å². The highest BCUT2D eigenvalue weighted by Gasteiger charge is 2.25. The van der Waals surface area contributed by atoms with Crippen LogP contribution in [0.5, 0.6) is 0 Å². The molecule has 0 aromatic carbocycles. The molecule has 13 heavy (non-hydrogen) atoms. The predicted octanol–water partition coefficient (Wildman–Crippen LogP) is -1.82. The smallest absolute Gasteiger partial charge is 0.0914 e. The zero-order valence-electron chi connectivity index (χ0n) is 9.22. The lowest BCUT2D eigenvalue weighted by molar-refractivity contribution is -0.913. The van der Waals surface area contributed by atoms with Crippen molar-refractivity contribution < 1.29 is 28.5 Å². The first-order valence-corrected chi connectivity index (χ1v) is 5.18. The van der Waals surface area contributed by atoms with E-state index < -0.39 is 0 Å². The normalized spacial score (nSPS) is 22.4. The molecule has 0 atom stereocenters. The maximum Gasteiger partial charge on any atom is 0.0914 e. The van der Waals surface area contributed by atoms with Gasteiger partial charge in [0.1, 0.15) is 0 Å². The second-order valence-electron chi connectivity index (χ2n) is 4.45. The first-order chi connectivity index (χ1) is 5.66. The Morgan fingerprint density at radius 2 is 1.77 bits per heavy atom. The molecule has 2 nitrogen and oxygen atoms in total. The highest BCUT2D eigenvalue weighted by Crippen LogP contribution is 2.10. The number of unbranched alkanes of at least 4 members (excludes halogenated alkanes) is 1. The summed E-state index contributed by atoms with van der Waals surface area (Å²) >= 11 is 0. The molecule has 0 spiro atoms. The van der Waals surface area contributed by atoms with Crippen LogP contribution in [-0.4, -0.2) is 56.2 Å². The van der Waals surface area contributed by atoms with Crippen molar-refractivity contribution in [1.82, 2.24) is 4.90 Å². The van der Waals surface area contributed by atoms with Crippen molar-refractivity contribution in [2.24, 2.45) is 0 Å². The SMILES string of the molecule is CCCC[N+]1(C)CCN(C)CC1.[I-]. The summed E-state index contributed by atoms with van der Waals surface area (Å²) in [5.74, 6) is 0. The average molecular weight is 298 g/mol. The average Bonchev–Trinajstić information content (AvgIpc) is 2.08. The number of rotatable bonds is 3. The van der Waals surface area contributed by atoms with Gasteiger partial charge in [0.05, 0.1) is 26.7 Å². The molecule has 1 rings (SSSR count). The van der Waals surface area contributed by atoms with E-state index in [4.69, 9.17) is 0 Å². The largest absolute Gasteiger partial charge is 1.00 e. The zero-order valence-corrected chi connectivity index (χ0v) is 11.4. The third kappa shape index (κ3) is 4.61. The quantitative estimate of drug-likeness (QED) is 0.438. The third-order valence-corrected chi connectivity index (χ3v) is 3.09. The van der Waals surface area contributed by atoms with Crippen LogP contribution in [0, 0.1) is 0 Å². The van der Waals surface area contributed by atoms with E-state index in [1.165, 1.54) is 50.0 Å². The number of likely N-dealkylation sites (N-methyl/N-ethyl adjacent to an activating group) is 2. The zero-order chi connectivity index (χ0) is 9.03. The highest BCUT2D eigenvalue weighted by molar-refractivity contribution is 4.57.